The summed E-state index contributed by atoms with van der Waals surface area (Å²) >= 11 is 0. The highest BCUT2D eigenvalue weighted by Crippen LogP contribution is 2.15. The van der Waals surface area contributed by atoms with Crippen LogP contribution in [0.15, 0.2) is 48.7 Å². The molecule has 0 bridgehead atoms. The molecule has 1 unspecified atom stereocenters. The maximum Gasteiger partial charge on any atom is 0.216 e. The first-order valence-corrected chi connectivity index (χ1v) is 5.62. The molecule has 0 saturated heterocycles. The van der Waals surface area contributed by atoms with E-state index in [-0.39, 0.29) is 6.04 Å². The summed E-state index contributed by atoms with van der Waals surface area (Å²) in [5, 5.41) is 0. The maximum absolute atomic E-state index is 6.04. The predicted octanol–water partition coefficient (Wildman–Crippen LogP) is 2.47. The van der Waals surface area contributed by atoms with Gasteiger partial charge in [0.2, 0.25) is 5.88 Å². The second-order valence-corrected chi connectivity index (χ2v) is 3.95. The number of benzene rings is 1. The molecule has 0 radical (unpaired) electrons. The van der Waals surface area contributed by atoms with Crippen molar-refractivity contribution in [1.29, 1.82) is 0 Å². The number of nitrogens with two attached hydrogens (primary N) is 1. The summed E-state index contributed by atoms with van der Waals surface area (Å²) in [4.78, 5) is 4.17. The van der Waals surface area contributed by atoms with E-state index in [1.54, 1.807) is 6.20 Å². The van der Waals surface area contributed by atoms with Gasteiger partial charge in [0.1, 0.15) is 6.61 Å². The van der Waals surface area contributed by atoms with Gasteiger partial charge in [0.05, 0.1) is 6.04 Å². The Morgan fingerprint density at radius 2 is 1.94 bits per heavy atom. The number of hydrogen-bond donors (Lipinski definition) is 1. The van der Waals surface area contributed by atoms with Crippen LogP contribution in [0.5, 0.6) is 5.88 Å². The van der Waals surface area contributed by atoms with Crippen LogP contribution < -0.4 is 10.5 Å². The van der Waals surface area contributed by atoms with Crippen LogP contribution in [0.1, 0.15) is 17.2 Å². The van der Waals surface area contributed by atoms with E-state index in [2.05, 4.69) is 4.98 Å². The quantitative estimate of drug-likeness (QED) is 0.874. The van der Waals surface area contributed by atoms with Crippen molar-refractivity contribution < 1.29 is 4.74 Å². The van der Waals surface area contributed by atoms with Crippen molar-refractivity contribution in [2.45, 2.75) is 13.0 Å². The van der Waals surface area contributed by atoms with Gasteiger partial charge in [-0.15, -0.1) is 0 Å². The highest BCUT2D eigenvalue weighted by molar-refractivity contribution is 5.24. The minimum absolute atomic E-state index is 0.127. The summed E-state index contributed by atoms with van der Waals surface area (Å²) < 4.78 is 5.62. The second-order valence-electron chi connectivity index (χ2n) is 3.95. The number of ether oxygens (including phenoxy) is 1. The highest BCUT2D eigenvalue weighted by atomic mass is 16.5. The molecule has 2 aromatic rings. The van der Waals surface area contributed by atoms with Gasteiger partial charge in [0.25, 0.3) is 0 Å². The van der Waals surface area contributed by atoms with E-state index in [0.29, 0.717) is 12.5 Å². The Hall–Kier alpha value is -1.87. The number of aryl methyl sites for hydroxylation is 1. The van der Waals surface area contributed by atoms with Gasteiger partial charge in [-0.05, 0) is 18.6 Å². The van der Waals surface area contributed by atoms with Crippen LogP contribution in [0.25, 0.3) is 0 Å². The van der Waals surface area contributed by atoms with Crippen molar-refractivity contribution >= 4 is 0 Å². The molecule has 0 aliphatic heterocycles. The summed E-state index contributed by atoms with van der Waals surface area (Å²) in [6.07, 6.45) is 1.72. The molecule has 1 heterocycles. The van der Waals surface area contributed by atoms with Gasteiger partial charge in [-0.25, -0.2) is 4.98 Å². The topological polar surface area (TPSA) is 48.1 Å². The molecule has 17 heavy (non-hydrogen) atoms. The van der Waals surface area contributed by atoms with Gasteiger partial charge in [-0.3, -0.25) is 0 Å². The minimum Gasteiger partial charge on any atom is -0.475 e. The third-order valence-electron chi connectivity index (χ3n) is 2.59. The van der Waals surface area contributed by atoms with Crippen LogP contribution in [-0.4, -0.2) is 11.6 Å². The molecular weight excluding hydrogens is 212 g/mol. The number of aromatic nitrogens is 1. The van der Waals surface area contributed by atoms with Crippen molar-refractivity contribution in [3.05, 3.63) is 59.8 Å². The molecule has 0 fully saturated rings. The Morgan fingerprint density at radius 1 is 1.18 bits per heavy atom. The second kappa shape index (κ2) is 5.46. The fraction of sp³-hybridized carbons (Fsp3) is 0.214. The molecule has 0 saturated carbocycles. The molecule has 0 aliphatic carbocycles. The molecule has 1 aromatic heterocycles. The third-order valence-corrected chi connectivity index (χ3v) is 2.59. The SMILES string of the molecule is Cc1cccnc1OCC(N)c1ccccc1. The highest BCUT2D eigenvalue weighted by Gasteiger charge is 2.07. The monoisotopic (exact) mass is 228 g/mol. The van der Waals surface area contributed by atoms with Gasteiger partial charge in [-0.2, -0.15) is 0 Å². The van der Waals surface area contributed by atoms with Gasteiger partial charge < -0.3 is 10.5 Å². The zero-order valence-electron chi connectivity index (χ0n) is 9.84. The molecule has 88 valence electrons. The van der Waals surface area contributed by atoms with E-state index in [0.717, 1.165) is 11.1 Å². The molecular formula is C14H16N2O. The van der Waals surface area contributed by atoms with Crippen LogP contribution >= 0.6 is 0 Å². The van der Waals surface area contributed by atoms with E-state index in [1.807, 2.05) is 49.4 Å². The van der Waals surface area contributed by atoms with E-state index in [4.69, 9.17) is 10.5 Å². The molecule has 1 atom stereocenters. The van der Waals surface area contributed by atoms with Crippen molar-refractivity contribution in [3.8, 4) is 5.88 Å². The minimum atomic E-state index is -0.127. The van der Waals surface area contributed by atoms with Crippen LogP contribution in [0, 0.1) is 6.92 Å². The number of pyridine rings is 1. The first kappa shape index (κ1) is 11.6. The van der Waals surface area contributed by atoms with E-state index in [9.17, 15) is 0 Å². The Balaban J connectivity index is 1.97. The van der Waals surface area contributed by atoms with Gasteiger partial charge in [0.15, 0.2) is 0 Å². The summed E-state index contributed by atoms with van der Waals surface area (Å²) in [7, 11) is 0. The third kappa shape index (κ3) is 3.04. The summed E-state index contributed by atoms with van der Waals surface area (Å²) in [6.45, 7) is 2.40. The molecule has 0 amide bonds. The fourth-order valence-electron chi connectivity index (χ4n) is 1.59. The fourth-order valence-corrected chi connectivity index (χ4v) is 1.59. The normalized spacial score (nSPS) is 12.1. The van der Waals surface area contributed by atoms with E-state index in [1.165, 1.54) is 0 Å². The average Bonchev–Trinajstić information content (AvgIpc) is 2.38. The number of nitrogens with zero attached hydrogens (tertiary/aromatic N) is 1. The van der Waals surface area contributed by atoms with Crippen LogP contribution in [0.4, 0.5) is 0 Å². The zero-order valence-corrected chi connectivity index (χ0v) is 9.84. The van der Waals surface area contributed by atoms with Gasteiger partial charge in [0, 0.05) is 11.8 Å². The maximum atomic E-state index is 6.04. The van der Waals surface area contributed by atoms with Gasteiger partial charge >= 0.3 is 0 Å². The lowest BCUT2D eigenvalue weighted by atomic mass is 10.1. The Labute approximate surface area is 101 Å². The molecule has 3 nitrogen and oxygen atoms in total. The first-order valence-electron chi connectivity index (χ1n) is 5.62. The Kier molecular flexibility index (Phi) is 3.73. The molecule has 0 spiro atoms. The zero-order chi connectivity index (χ0) is 12.1. The number of rotatable bonds is 4. The summed E-state index contributed by atoms with van der Waals surface area (Å²) in [6, 6.07) is 13.6. The number of hydrogen-bond acceptors (Lipinski definition) is 3. The van der Waals surface area contributed by atoms with Crippen molar-refractivity contribution in [3.63, 3.8) is 0 Å². The average molecular weight is 228 g/mol. The smallest absolute Gasteiger partial charge is 0.216 e. The van der Waals surface area contributed by atoms with Crippen LogP contribution in [0.2, 0.25) is 0 Å². The van der Waals surface area contributed by atoms with Crippen LogP contribution in [-0.2, 0) is 0 Å². The van der Waals surface area contributed by atoms with E-state index >= 15 is 0 Å². The van der Waals surface area contributed by atoms with E-state index < -0.39 is 0 Å². The predicted molar refractivity (Wildman–Crippen MR) is 67.8 cm³/mol. The molecule has 1 aromatic carbocycles. The standard InChI is InChI=1S/C14H16N2O/c1-11-6-5-9-16-14(11)17-10-13(15)12-7-3-2-4-8-12/h2-9,13H,10,15H2,1H3. The lowest BCUT2D eigenvalue weighted by Crippen LogP contribution is -2.19. The lowest BCUT2D eigenvalue weighted by molar-refractivity contribution is 0.278. The van der Waals surface area contributed by atoms with Crippen LogP contribution in [0.3, 0.4) is 0 Å². The molecule has 2 N–H and O–H groups in total. The van der Waals surface area contributed by atoms with Gasteiger partial charge in [-0.1, -0.05) is 36.4 Å². The Morgan fingerprint density at radius 3 is 2.65 bits per heavy atom. The largest absolute Gasteiger partial charge is 0.475 e. The van der Waals surface area contributed by atoms with Crippen molar-refractivity contribution in [1.82, 2.24) is 4.98 Å². The summed E-state index contributed by atoms with van der Waals surface area (Å²) in [5.41, 5.74) is 8.13. The van der Waals surface area contributed by atoms with Crippen molar-refractivity contribution in [2.75, 3.05) is 6.61 Å². The molecule has 3 heteroatoms. The van der Waals surface area contributed by atoms with Crippen molar-refractivity contribution in [2.24, 2.45) is 5.73 Å². The lowest BCUT2D eigenvalue weighted by Gasteiger charge is -2.13. The molecule has 0 aliphatic rings. The Bertz CT molecular complexity index is 471. The molecule has 2 rings (SSSR count). The summed E-state index contributed by atoms with van der Waals surface area (Å²) in [5.74, 6) is 0.652. The first-order chi connectivity index (χ1) is 8.27.